The van der Waals surface area contributed by atoms with E-state index in [9.17, 15) is 14.4 Å². The number of ether oxygens (including phenoxy) is 2. The Morgan fingerprint density at radius 2 is 1.77 bits per heavy atom. The van der Waals surface area contributed by atoms with Crippen molar-refractivity contribution in [1.82, 2.24) is 4.90 Å². The Morgan fingerprint density at radius 1 is 1.14 bits per heavy atom. The molecule has 1 aliphatic heterocycles. The van der Waals surface area contributed by atoms with E-state index in [0.717, 1.165) is 16.7 Å². The summed E-state index contributed by atoms with van der Waals surface area (Å²) in [7, 11) is 2.48. The van der Waals surface area contributed by atoms with E-state index in [-0.39, 0.29) is 5.75 Å². The van der Waals surface area contributed by atoms with Crippen LogP contribution in [0.5, 0.6) is 0 Å². The van der Waals surface area contributed by atoms with Crippen LogP contribution in [0.1, 0.15) is 0 Å². The van der Waals surface area contributed by atoms with Crippen LogP contribution in [-0.4, -0.2) is 54.3 Å². The molecule has 0 spiro atoms. The molecule has 2 atom stereocenters. The number of nitrogens with zero attached hydrogens (tertiary/aromatic N) is 1. The first kappa shape index (κ1) is 16.2. The quantitative estimate of drug-likeness (QED) is 0.844. The van der Waals surface area contributed by atoms with E-state index < -0.39 is 29.4 Å². The van der Waals surface area contributed by atoms with E-state index in [1.54, 1.807) is 24.3 Å². The van der Waals surface area contributed by atoms with Crippen LogP contribution in [0.3, 0.4) is 0 Å². The van der Waals surface area contributed by atoms with Crippen LogP contribution in [0, 0.1) is 0 Å². The van der Waals surface area contributed by atoms with E-state index in [1.165, 1.54) is 14.2 Å². The van der Waals surface area contributed by atoms with E-state index in [0.29, 0.717) is 5.69 Å². The number of methoxy groups -OCH3 is 2. The first-order valence-electron chi connectivity index (χ1n) is 6.50. The monoisotopic (exact) mass is 324 g/mol. The number of benzene rings is 1. The molecule has 0 radical (unpaired) electrons. The van der Waals surface area contributed by atoms with Crippen LogP contribution < -0.4 is 5.32 Å². The van der Waals surface area contributed by atoms with Crippen molar-refractivity contribution in [2.45, 2.75) is 11.4 Å². The topological polar surface area (TPSA) is 84.9 Å². The molecule has 1 saturated heterocycles. The third kappa shape index (κ3) is 3.33. The maximum Gasteiger partial charge on any atom is 0.339 e. The molecule has 0 unspecified atom stereocenters. The number of esters is 2. The van der Waals surface area contributed by atoms with Gasteiger partial charge in [0.1, 0.15) is 6.04 Å². The molecule has 0 bridgehead atoms. The highest BCUT2D eigenvalue weighted by Gasteiger charge is 2.46. The molecule has 118 valence electrons. The van der Waals surface area contributed by atoms with Gasteiger partial charge in [0, 0.05) is 11.4 Å². The zero-order chi connectivity index (χ0) is 16.1. The Morgan fingerprint density at radius 3 is 2.36 bits per heavy atom. The molecule has 1 heterocycles. The first-order chi connectivity index (χ1) is 10.6. The van der Waals surface area contributed by atoms with Crippen LogP contribution in [0.2, 0.25) is 0 Å². The number of amides is 2. The van der Waals surface area contributed by atoms with Crippen LogP contribution in [0.15, 0.2) is 30.3 Å². The van der Waals surface area contributed by atoms with Crippen LogP contribution in [0.25, 0.3) is 0 Å². The van der Waals surface area contributed by atoms with Crippen molar-refractivity contribution < 1.29 is 23.9 Å². The van der Waals surface area contributed by atoms with Gasteiger partial charge in [-0.3, -0.25) is 4.90 Å². The minimum Gasteiger partial charge on any atom is -0.467 e. The molecule has 0 aliphatic carbocycles. The van der Waals surface area contributed by atoms with Gasteiger partial charge in [0.25, 0.3) is 0 Å². The minimum absolute atomic E-state index is 0.272. The summed E-state index contributed by atoms with van der Waals surface area (Å²) >= 11 is 1.16. The maximum atomic E-state index is 12.5. The van der Waals surface area contributed by atoms with Crippen molar-refractivity contribution in [3.63, 3.8) is 0 Å². The molecule has 0 saturated carbocycles. The number of urea groups is 1. The van der Waals surface area contributed by atoms with Gasteiger partial charge < -0.3 is 14.8 Å². The number of carbonyl (C=O) groups is 3. The number of hydrogen-bond acceptors (Lipinski definition) is 6. The average molecular weight is 324 g/mol. The Kier molecular flexibility index (Phi) is 5.26. The van der Waals surface area contributed by atoms with Crippen LogP contribution in [-0.2, 0) is 19.1 Å². The number of anilines is 1. The minimum atomic E-state index is -0.877. The molecular weight excluding hydrogens is 308 g/mol. The van der Waals surface area contributed by atoms with E-state index in [1.807, 2.05) is 6.07 Å². The van der Waals surface area contributed by atoms with Gasteiger partial charge in [-0.2, -0.15) is 0 Å². The summed E-state index contributed by atoms with van der Waals surface area (Å²) in [5, 5.41) is 1.78. The molecule has 0 aromatic heterocycles. The zero-order valence-corrected chi connectivity index (χ0v) is 13.0. The fourth-order valence-corrected chi connectivity index (χ4v) is 3.36. The second-order valence-corrected chi connectivity index (χ2v) is 5.56. The highest BCUT2D eigenvalue weighted by molar-refractivity contribution is 8.00. The molecule has 1 fully saturated rings. The van der Waals surface area contributed by atoms with Crippen molar-refractivity contribution in [1.29, 1.82) is 0 Å². The Labute approximate surface area is 131 Å². The third-order valence-electron chi connectivity index (χ3n) is 3.14. The molecule has 7 nitrogen and oxygen atoms in total. The van der Waals surface area contributed by atoms with Crippen molar-refractivity contribution >= 4 is 35.4 Å². The molecule has 2 amide bonds. The summed E-state index contributed by atoms with van der Waals surface area (Å²) < 4.78 is 9.39. The molecule has 1 N–H and O–H groups in total. The smallest absolute Gasteiger partial charge is 0.339 e. The van der Waals surface area contributed by atoms with Gasteiger partial charge in [-0.05, 0) is 12.1 Å². The molecule has 1 aliphatic rings. The van der Waals surface area contributed by atoms with Crippen molar-refractivity contribution in [2.24, 2.45) is 0 Å². The SMILES string of the molecule is COC(=O)[C@H]1CS[C@@H](C(=O)OC)N1C(=O)Nc1ccccc1. The summed E-state index contributed by atoms with van der Waals surface area (Å²) in [4.78, 5) is 37.3. The summed E-state index contributed by atoms with van der Waals surface area (Å²) in [6, 6.07) is 7.39. The van der Waals surface area contributed by atoms with Gasteiger partial charge in [0.15, 0.2) is 5.37 Å². The highest BCUT2D eigenvalue weighted by Crippen LogP contribution is 2.31. The zero-order valence-electron chi connectivity index (χ0n) is 12.1. The van der Waals surface area contributed by atoms with Gasteiger partial charge in [-0.15, -0.1) is 11.8 Å². The molecule has 8 heteroatoms. The van der Waals surface area contributed by atoms with Crippen molar-refractivity contribution in [2.75, 3.05) is 25.3 Å². The second-order valence-electron chi connectivity index (χ2n) is 4.45. The first-order valence-corrected chi connectivity index (χ1v) is 7.55. The fourth-order valence-electron chi connectivity index (χ4n) is 2.06. The van der Waals surface area contributed by atoms with Gasteiger partial charge in [0.2, 0.25) is 0 Å². The van der Waals surface area contributed by atoms with Gasteiger partial charge >= 0.3 is 18.0 Å². The van der Waals surface area contributed by atoms with Gasteiger partial charge in [0.05, 0.1) is 14.2 Å². The number of thioether (sulfide) groups is 1. The molecular formula is C14H16N2O5S. The maximum absolute atomic E-state index is 12.5. The van der Waals surface area contributed by atoms with Crippen LogP contribution >= 0.6 is 11.8 Å². The van der Waals surface area contributed by atoms with E-state index in [2.05, 4.69) is 5.32 Å². The standard InChI is InChI=1S/C14H16N2O5S/c1-20-12(17)10-8-22-11(13(18)21-2)16(10)14(19)15-9-6-4-3-5-7-9/h3-7,10-11H,8H2,1-2H3,(H,15,19)/t10-,11+/m1/s1. The number of rotatable bonds is 3. The summed E-state index contributed by atoms with van der Waals surface area (Å²) in [6.07, 6.45) is 0. The van der Waals surface area contributed by atoms with E-state index in [4.69, 9.17) is 9.47 Å². The Hall–Kier alpha value is -2.22. The summed E-state index contributed by atoms with van der Waals surface area (Å²) in [5.74, 6) is -0.879. The highest BCUT2D eigenvalue weighted by atomic mass is 32.2. The normalized spacial score (nSPS) is 20.4. The Bertz CT molecular complexity index is 542. The lowest BCUT2D eigenvalue weighted by Crippen LogP contribution is -2.50. The predicted octanol–water partition coefficient (Wildman–Crippen LogP) is 1.31. The number of para-hydroxylation sites is 1. The average Bonchev–Trinajstić information content (AvgIpc) is 2.99. The number of nitrogens with one attached hydrogen (secondary N) is 1. The molecule has 1 aromatic rings. The Balaban J connectivity index is 2.21. The number of hydrogen-bond donors (Lipinski definition) is 1. The van der Waals surface area contributed by atoms with E-state index >= 15 is 0 Å². The lowest BCUT2D eigenvalue weighted by atomic mass is 10.3. The van der Waals surface area contributed by atoms with Crippen LogP contribution in [0.4, 0.5) is 10.5 Å². The largest absolute Gasteiger partial charge is 0.467 e. The second kappa shape index (κ2) is 7.17. The lowest BCUT2D eigenvalue weighted by molar-refractivity contribution is -0.147. The van der Waals surface area contributed by atoms with Gasteiger partial charge in [-0.25, -0.2) is 14.4 Å². The fraction of sp³-hybridized carbons (Fsp3) is 0.357. The molecule has 1 aromatic carbocycles. The molecule has 2 rings (SSSR count). The summed E-state index contributed by atoms with van der Waals surface area (Å²) in [5.41, 5.74) is 0.566. The van der Waals surface area contributed by atoms with Crippen molar-refractivity contribution in [3.8, 4) is 0 Å². The van der Waals surface area contributed by atoms with Gasteiger partial charge in [-0.1, -0.05) is 18.2 Å². The lowest BCUT2D eigenvalue weighted by Gasteiger charge is -2.26. The van der Waals surface area contributed by atoms with Crippen molar-refractivity contribution in [3.05, 3.63) is 30.3 Å². The molecule has 22 heavy (non-hydrogen) atoms. The predicted molar refractivity (Wildman–Crippen MR) is 81.4 cm³/mol. The number of carbonyl (C=O) groups excluding carboxylic acids is 3. The summed E-state index contributed by atoms with van der Waals surface area (Å²) in [6.45, 7) is 0. The third-order valence-corrected chi connectivity index (χ3v) is 4.38.